The van der Waals surface area contributed by atoms with Crippen LogP contribution in [-0.4, -0.2) is 53.4 Å². The summed E-state index contributed by atoms with van der Waals surface area (Å²) in [5, 5.41) is 0. The molecule has 0 N–H and O–H groups in total. The highest BCUT2D eigenvalue weighted by atomic mass is 16.5. The van der Waals surface area contributed by atoms with Gasteiger partial charge < -0.3 is 14.5 Å². The number of amides is 2. The van der Waals surface area contributed by atoms with Crippen LogP contribution in [0.3, 0.4) is 0 Å². The molecule has 34 heavy (non-hydrogen) atoms. The molecule has 1 aromatic rings. The van der Waals surface area contributed by atoms with Gasteiger partial charge in [0.15, 0.2) is 0 Å². The van der Waals surface area contributed by atoms with Gasteiger partial charge in [-0.3, -0.25) is 9.59 Å². The molecule has 2 amide bonds. The summed E-state index contributed by atoms with van der Waals surface area (Å²) in [7, 11) is 0. The highest BCUT2D eigenvalue weighted by Crippen LogP contribution is 2.33. The highest BCUT2D eigenvalue weighted by molar-refractivity contribution is 5.97. The number of para-hydroxylation sites is 1. The molecule has 0 aromatic heterocycles. The van der Waals surface area contributed by atoms with Gasteiger partial charge in [0.1, 0.15) is 11.9 Å². The van der Waals surface area contributed by atoms with Crippen LogP contribution in [0.2, 0.25) is 0 Å². The molecule has 0 radical (unpaired) electrons. The molecule has 0 bridgehead atoms. The number of carbonyl (C=O) groups is 2. The molecule has 2 saturated carbocycles. The lowest BCUT2D eigenvalue weighted by Crippen LogP contribution is -2.53. The molecular weight excluding hydrogens is 424 g/mol. The molecule has 2 aliphatic carbocycles. The fourth-order valence-electron chi connectivity index (χ4n) is 6.20. The fourth-order valence-corrected chi connectivity index (χ4v) is 6.20. The van der Waals surface area contributed by atoms with E-state index in [0.717, 1.165) is 90.3 Å². The first-order valence-corrected chi connectivity index (χ1v) is 14.0. The maximum absolute atomic E-state index is 13.8. The first-order chi connectivity index (χ1) is 16.7. The van der Waals surface area contributed by atoms with Gasteiger partial charge in [-0.25, -0.2) is 0 Å². The Morgan fingerprint density at radius 1 is 0.882 bits per heavy atom. The third kappa shape index (κ3) is 6.14. The van der Waals surface area contributed by atoms with Gasteiger partial charge in [-0.05, 0) is 63.5 Å². The van der Waals surface area contributed by atoms with Crippen LogP contribution in [0, 0.1) is 5.92 Å². The van der Waals surface area contributed by atoms with Crippen molar-refractivity contribution < 1.29 is 14.3 Å². The zero-order valence-corrected chi connectivity index (χ0v) is 21.2. The number of hydrogen-bond acceptors (Lipinski definition) is 3. The van der Waals surface area contributed by atoms with Crippen LogP contribution in [-0.2, 0) is 4.79 Å². The third-order valence-electron chi connectivity index (χ3n) is 8.06. The summed E-state index contributed by atoms with van der Waals surface area (Å²) >= 11 is 0. The molecule has 2 atom stereocenters. The Labute approximate surface area is 206 Å². The highest BCUT2D eigenvalue weighted by Gasteiger charge is 2.37. The van der Waals surface area contributed by atoms with E-state index in [9.17, 15) is 9.59 Å². The maximum atomic E-state index is 13.8. The number of fused-ring (bicyclic) bond motifs is 2. The van der Waals surface area contributed by atoms with Crippen molar-refractivity contribution in [3.05, 3.63) is 29.8 Å². The molecule has 5 heteroatoms. The summed E-state index contributed by atoms with van der Waals surface area (Å²) in [5.74, 6) is 1.32. The first kappa shape index (κ1) is 25.1. The number of carbonyl (C=O) groups excluding carboxylic acids is 2. The Bertz CT molecular complexity index is 804. The normalized spacial score (nSPS) is 25.6. The number of benzene rings is 1. The standard InChI is InChI=1S/C29H44N2O3/c1-2-20-30-21-12-3-4-13-22-31(28(32)23-14-6-5-7-15-23)25-17-9-11-19-27(25)34-26-18-10-8-16-24(26)29(30)33/h8,10,16,18,23,25,27H,2-7,9,11-15,17,19-22H2,1H3/t25-,27+/m1/s1. The van der Waals surface area contributed by atoms with Gasteiger partial charge in [0, 0.05) is 25.6 Å². The molecule has 188 valence electrons. The number of hydrogen-bond donors (Lipinski definition) is 0. The van der Waals surface area contributed by atoms with E-state index in [1.54, 1.807) is 0 Å². The van der Waals surface area contributed by atoms with Crippen molar-refractivity contribution in [1.82, 2.24) is 9.80 Å². The van der Waals surface area contributed by atoms with Crippen molar-refractivity contribution in [2.45, 2.75) is 109 Å². The second kappa shape index (κ2) is 12.6. The van der Waals surface area contributed by atoms with E-state index in [-0.39, 0.29) is 24.0 Å². The summed E-state index contributed by atoms with van der Waals surface area (Å²) in [6.07, 6.45) is 15.1. The predicted octanol–water partition coefficient (Wildman–Crippen LogP) is 6.21. The summed E-state index contributed by atoms with van der Waals surface area (Å²) < 4.78 is 6.67. The Kier molecular flexibility index (Phi) is 9.29. The van der Waals surface area contributed by atoms with Crippen molar-refractivity contribution in [3.63, 3.8) is 0 Å². The molecule has 5 nitrogen and oxygen atoms in total. The third-order valence-corrected chi connectivity index (χ3v) is 8.06. The van der Waals surface area contributed by atoms with Gasteiger partial charge in [-0.1, -0.05) is 57.6 Å². The van der Waals surface area contributed by atoms with E-state index >= 15 is 0 Å². The minimum absolute atomic E-state index is 0.0437. The molecule has 0 unspecified atom stereocenters. The van der Waals surface area contributed by atoms with Crippen molar-refractivity contribution in [1.29, 1.82) is 0 Å². The molecular formula is C29H44N2O3. The quantitative estimate of drug-likeness (QED) is 0.530. The molecule has 0 spiro atoms. The molecule has 1 aromatic carbocycles. The minimum atomic E-state index is -0.0437. The lowest BCUT2D eigenvalue weighted by molar-refractivity contribution is -0.142. The largest absolute Gasteiger partial charge is 0.487 e. The zero-order chi connectivity index (χ0) is 23.8. The van der Waals surface area contributed by atoms with Crippen LogP contribution < -0.4 is 4.74 Å². The van der Waals surface area contributed by atoms with E-state index in [1.807, 2.05) is 29.2 Å². The van der Waals surface area contributed by atoms with Crippen molar-refractivity contribution in [2.75, 3.05) is 19.6 Å². The Morgan fingerprint density at radius 3 is 2.35 bits per heavy atom. The Hall–Kier alpha value is -2.04. The van der Waals surface area contributed by atoms with Crippen LogP contribution in [0.15, 0.2) is 24.3 Å². The predicted molar refractivity (Wildman–Crippen MR) is 136 cm³/mol. The van der Waals surface area contributed by atoms with E-state index < -0.39 is 0 Å². The first-order valence-electron chi connectivity index (χ1n) is 14.0. The van der Waals surface area contributed by atoms with Gasteiger partial charge in [0.25, 0.3) is 5.91 Å². The second-order valence-corrected chi connectivity index (χ2v) is 10.6. The Morgan fingerprint density at radius 2 is 1.56 bits per heavy atom. The fraction of sp³-hybridized carbons (Fsp3) is 0.724. The second-order valence-electron chi connectivity index (χ2n) is 10.6. The van der Waals surface area contributed by atoms with Crippen LogP contribution in [0.5, 0.6) is 5.75 Å². The molecule has 2 fully saturated rings. The smallest absolute Gasteiger partial charge is 0.257 e. The van der Waals surface area contributed by atoms with Gasteiger partial charge in [0.2, 0.25) is 5.91 Å². The van der Waals surface area contributed by atoms with Crippen LogP contribution in [0.25, 0.3) is 0 Å². The van der Waals surface area contributed by atoms with Crippen LogP contribution in [0.1, 0.15) is 107 Å². The lowest BCUT2D eigenvalue weighted by atomic mass is 9.85. The summed E-state index contributed by atoms with van der Waals surface area (Å²) in [4.78, 5) is 31.5. The summed E-state index contributed by atoms with van der Waals surface area (Å²) in [5.41, 5.74) is 0.669. The van der Waals surface area contributed by atoms with E-state index in [1.165, 1.54) is 19.3 Å². The zero-order valence-electron chi connectivity index (χ0n) is 21.2. The Balaban J connectivity index is 1.62. The summed E-state index contributed by atoms with van der Waals surface area (Å²) in [6.45, 7) is 4.55. The topological polar surface area (TPSA) is 49.9 Å². The summed E-state index contributed by atoms with van der Waals surface area (Å²) in [6, 6.07) is 7.87. The molecule has 1 aliphatic heterocycles. The molecule has 4 rings (SSSR count). The lowest BCUT2D eigenvalue weighted by Gasteiger charge is -2.42. The number of nitrogens with zero attached hydrogens (tertiary/aromatic N) is 2. The molecule has 3 aliphatic rings. The van der Waals surface area contributed by atoms with Gasteiger partial charge in [-0.2, -0.15) is 0 Å². The number of rotatable bonds is 3. The van der Waals surface area contributed by atoms with Crippen molar-refractivity contribution in [2.24, 2.45) is 5.92 Å². The number of ether oxygens (including phenoxy) is 1. The monoisotopic (exact) mass is 468 g/mol. The van der Waals surface area contributed by atoms with Gasteiger partial charge in [0.05, 0.1) is 11.6 Å². The van der Waals surface area contributed by atoms with E-state index in [2.05, 4.69) is 11.8 Å². The van der Waals surface area contributed by atoms with Crippen LogP contribution in [0.4, 0.5) is 0 Å². The molecule has 0 saturated heterocycles. The van der Waals surface area contributed by atoms with Crippen molar-refractivity contribution >= 4 is 11.8 Å². The minimum Gasteiger partial charge on any atom is -0.487 e. The SMILES string of the molecule is CCCN1CCCCCCN(C(=O)C2CCCCC2)[C@@H]2CCCC[C@@H]2Oc2ccccc2C1=O. The van der Waals surface area contributed by atoms with Gasteiger partial charge in [-0.15, -0.1) is 0 Å². The average Bonchev–Trinajstić information content (AvgIpc) is 2.88. The van der Waals surface area contributed by atoms with Crippen LogP contribution >= 0.6 is 0 Å². The van der Waals surface area contributed by atoms with Crippen molar-refractivity contribution in [3.8, 4) is 5.75 Å². The maximum Gasteiger partial charge on any atom is 0.257 e. The van der Waals surface area contributed by atoms with E-state index in [0.29, 0.717) is 17.2 Å². The molecule has 1 heterocycles. The van der Waals surface area contributed by atoms with E-state index in [4.69, 9.17) is 4.74 Å². The average molecular weight is 469 g/mol. The van der Waals surface area contributed by atoms with Gasteiger partial charge >= 0.3 is 0 Å².